The smallest absolute Gasteiger partial charge is 0.253 e. The number of carbonyl (C=O) groups is 2. The third-order valence-corrected chi connectivity index (χ3v) is 4.95. The molecular weight excluding hydrogens is 264 g/mol. The number of nitrogens with one attached hydrogen (secondary N) is 1. The molecule has 2 aliphatic rings. The molecule has 0 bridgehead atoms. The molecule has 1 aliphatic carbocycles. The van der Waals surface area contributed by atoms with E-state index in [0.717, 1.165) is 12.0 Å². The van der Waals surface area contributed by atoms with Crippen LogP contribution in [0.4, 0.5) is 0 Å². The van der Waals surface area contributed by atoms with E-state index >= 15 is 0 Å². The van der Waals surface area contributed by atoms with E-state index in [2.05, 4.69) is 19.2 Å². The molecular formula is C17H22N2O2. The Morgan fingerprint density at radius 2 is 1.81 bits per heavy atom. The zero-order chi connectivity index (χ0) is 15.3. The summed E-state index contributed by atoms with van der Waals surface area (Å²) in [4.78, 5) is 26.7. The number of hydrogen-bond donors (Lipinski definition) is 1. The van der Waals surface area contributed by atoms with E-state index in [-0.39, 0.29) is 18.4 Å². The first-order chi connectivity index (χ1) is 9.83. The SMILES string of the molecule is CC1(c2ccccc2)NC(=O)CN(CC2CC2(C)C)C1=O. The molecule has 2 fully saturated rings. The Hall–Kier alpha value is -1.84. The Bertz CT molecular complexity index is 582. The van der Waals surface area contributed by atoms with Crippen molar-refractivity contribution < 1.29 is 9.59 Å². The van der Waals surface area contributed by atoms with Gasteiger partial charge in [-0.05, 0) is 30.2 Å². The van der Waals surface area contributed by atoms with Crippen molar-refractivity contribution in [3.63, 3.8) is 0 Å². The summed E-state index contributed by atoms with van der Waals surface area (Å²) in [5.41, 5.74) is 0.190. The van der Waals surface area contributed by atoms with Gasteiger partial charge in [0.2, 0.25) is 5.91 Å². The summed E-state index contributed by atoms with van der Waals surface area (Å²) in [6.45, 7) is 7.08. The van der Waals surface area contributed by atoms with Crippen LogP contribution >= 0.6 is 0 Å². The van der Waals surface area contributed by atoms with Gasteiger partial charge in [-0.3, -0.25) is 9.59 Å². The summed E-state index contributed by atoms with van der Waals surface area (Å²) in [6, 6.07) is 9.48. The van der Waals surface area contributed by atoms with E-state index in [9.17, 15) is 9.59 Å². The van der Waals surface area contributed by atoms with Crippen LogP contribution in [0, 0.1) is 11.3 Å². The number of amides is 2. The molecule has 1 aliphatic heterocycles. The van der Waals surface area contributed by atoms with Crippen LogP contribution in [0.15, 0.2) is 30.3 Å². The van der Waals surface area contributed by atoms with Crippen molar-refractivity contribution in [2.45, 2.75) is 32.7 Å². The maximum Gasteiger partial charge on any atom is 0.253 e. The summed E-state index contributed by atoms with van der Waals surface area (Å²) in [6.07, 6.45) is 1.13. The van der Waals surface area contributed by atoms with Crippen LogP contribution in [0.3, 0.4) is 0 Å². The van der Waals surface area contributed by atoms with Gasteiger partial charge in [-0.1, -0.05) is 44.2 Å². The number of piperazine rings is 1. The maximum atomic E-state index is 12.9. The number of hydrogen-bond acceptors (Lipinski definition) is 2. The van der Waals surface area contributed by atoms with Gasteiger partial charge in [0.1, 0.15) is 5.54 Å². The molecule has 1 saturated heterocycles. The molecule has 1 aromatic rings. The predicted octanol–water partition coefficient (Wildman–Crippen LogP) is 1.91. The van der Waals surface area contributed by atoms with Crippen LogP contribution in [0.2, 0.25) is 0 Å². The number of benzene rings is 1. The maximum absolute atomic E-state index is 12.9. The predicted molar refractivity (Wildman–Crippen MR) is 80.4 cm³/mol. The van der Waals surface area contributed by atoms with Gasteiger partial charge in [0.05, 0.1) is 6.54 Å². The van der Waals surface area contributed by atoms with Gasteiger partial charge in [0, 0.05) is 6.54 Å². The molecule has 2 amide bonds. The van der Waals surface area contributed by atoms with Crippen molar-refractivity contribution in [2.24, 2.45) is 11.3 Å². The molecule has 21 heavy (non-hydrogen) atoms. The highest BCUT2D eigenvalue weighted by Gasteiger charge is 2.50. The van der Waals surface area contributed by atoms with Gasteiger partial charge >= 0.3 is 0 Å². The summed E-state index contributed by atoms with van der Waals surface area (Å²) in [5.74, 6) is 0.419. The van der Waals surface area contributed by atoms with Crippen LogP contribution in [0.5, 0.6) is 0 Å². The fourth-order valence-electron chi connectivity index (χ4n) is 3.20. The van der Waals surface area contributed by atoms with Crippen LogP contribution in [0.1, 0.15) is 32.8 Å². The van der Waals surface area contributed by atoms with E-state index in [1.807, 2.05) is 30.3 Å². The quantitative estimate of drug-likeness (QED) is 0.922. The first-order valence-corrected chi connectivity index (χ1v) is 7.49. The third kappa shape index (κ3) is 2.43. The van der Waals surface area contributed by atoms with Gasteiger partial charge in [-0.25, -0.2) is 0 Å². The lowest BCUT2D eigenvalue weighted by Gasteiger charge is -2.40. The highest BCUT2D eigenvalue weighted by Crippen LogP contribution is 2.52. The van der Waals surface area contributed by atoms with E-state index in [1.165, 1.54) is 0 Å². The molecule has 1 saturated carbocycles. The second-order valence-electron chi connectivity index (χ2n) is 7.11. The standard InChI is InChI=1S/C17H22N2O2/c1-16(2)9-13(16)10-19-11-14(20)18-17(3,15(19)21)12-7-5-4-6-8-12/h4-8,13H,9-11H2,1-3H3,(H,18,20). The Morgan fingerprint density at radius 1 is 1.19 bits per heavy atom. The van der Waals surface area contributed by atoms with Gasteiger partial charge in [-0.15, -0.1) is 0 Å². The Labute approximate surface area is 125 Å². The molecule has 1 aromatic carbocycles. The van der Waals surface area contributed by atoms with Crippen molar-refractivity contribution >= 4 is 11.8 Å². The van der Waals surface area contributed by atoms with Crippen molar-refractivity contribution in [3.8, 4) is 0 Å². The molecule has 4 heteroatoms. The summed E-state index contributed by atoms with van der Waals surface area (Å²) in [5, 5.41) is 2.87. The van der Waals surface area contributed by atoms with Crippen LogP contribution < -0.4 is 5.32 Å². The molecule has 1 heterocycles. The average molecular weight is 286 g/mol. The van der Waals surface area contributed by atoms with E-state index in [0.29, 0.717) is 17.9 Å². The van der Waals surface area contributed by atoms with Crippen molar-refractivity contribution in [1.29, 1.82) is 0 Å². The average Bonchev–Trinajstić information content (AvgIpc) is 3.03. The normalized spacial score (nSPS) is 31.0. The third-order valence-electron chi connectivity index (χ3n) is 4.95. The zero-order valence-electron chi connectivity index (χ0n) is 12.8. The Morgan fingerprint density at radius 3 is 2.38 bits per heavy atom. The number of rotatable bonds is 3. The van der Waals surface area contributed by atoms with Crippen molar-refractivity contribution in [2.75, 3.05) is 13.1 Å². The molecule has 0 radical (unpaired) electrons. The van der Waals surface area contributed by atoms with E-state index in [1.54, 1.807) is 11.8 Å². The minimum absolute atomic E-state index is 0.00370. The molecule has 0 spiro atoms. The highest BCUT2D eigenvalue weighted by molar-refractivity contribution is 5.98. The molecule has 112 valence electrons. The lowest BCUT2D eigenvalue weighted by atomic mass is 9.88. The second kappa shape index (κ2) is 4.58. The minimum Gasteiger partial charge on any atom is -0.337 e. The van der Waals surface area contributed by atoms with Gasteiger partial charge in [-0.2, -0.15) is 0 Å². The monoisotopic (exact) mass is 286 g/mol. The molecule has 2 atom stereocenters. The number of carbonyl (C=O) groups excluding carboxylic acids is 2. The van der Waals surface area contributed by atoms with Gasteiger partial charge < -0.3 is 10.2 Å². The van der Waals surface area contributed by atoms with Gasteiger partial charge in [0.25, 0.3) is 5.91 Å². The van der Waals surface area contributed by atoms with Crippen molar-refractivity contribution in [3.05, 3.63) is 35.9 Å². The topological polar surface area (TPSA) is 49.4 Å². The fourth-order valence-corrected chi connectivity index (χ4v) is 3.20. The Balaban J connectivity index is 1.85. The van der Waals surface area contributed by atoms with E-state index < -0.39 is 5.54 Å². The molecule has 0 aromatic heterocycles. The number of nitrogens with zero attached hydrogens (tertiary/aromatic N) is 1. The van der Waals surface area contributed by atoms with Crippen LogP contribution in [0.25, 0.3) is 0 Å². The lowest BCUT2D eigenvalue weighted by Crippen LogP contribution is -2.63. The lowest BCUT2D eigenvalue weighted by molar-refractivity contribution is -0.150. The second-order valence-corrected chi connectivity index (χ2v) is 7.11. The fraction of sp³-hybridized carbons (Fsp3) is 0.529. The minimum atomic E-state index is -0.949. The molecule has 3 rings (SSSR count). The van der Waals surface area contributed by atoms with Crippen molar-refractivity contribution in [1.82, 2.24) is 10.2 Å². The summed E-state index contributed by atoms with van der Waals surface area (Å²) < 4.78 is 0. The van der Waals surface area contributed by atoms with Gasteiger partial charge in [0.15, 0.2) is 0 Å². The largest absolute Gasteiger partial charge is 0.337 e. The first kappa shape index (κ1) is 14.1. The molecule has 1 N–H and O–H groups in total. The molecule has 4 nitrogen and oxygen atoms in total. The van der Waals surface area contributed by atoms with Crippen LogP contribution in [-0.2, 0) is 15.1 Å². The Kier molecular flexibility index (Phi) is 3.08. The van der Waals surface area contributed by atoms with Crippen LogP contribution in [-0.4, -0.2) is 29.8 Å². The van der Waals surface area contributed by atoms with E-state index in [4.69, 9.17) is 0 Å². The highest BCUT2D eigenvalue weighted by atomic mass is 16.2. The first-order valence-electron chi connectivity index (χ1n) is 7.49. The summed E-state index contributed by atoms with van der Waals surface area (Å²) in [7, 11) is 0. The molecule has 2 unspecified atom stereocenters. The zero-order valence-corrected chi connectivity index (χ0v) is 12.8. The summed E-state index contributed by atoms with van der Waals surface area (Å²) >= 11 is 0.